The Hall–Kier alpha value is -3.09. The SMILES string of the molecule is CCNC(=NCc1cccc(OCC(=O)N(C)C)c1)NCC1(c2cccc(F)c2)CC1. The minimum Gasteiger partial charge on any atom is -0.484 e. The standard InChI is InChI=1S/C24H31FN4O2/c1-4-26-23(28-17-24(11-12-24)19-8-6-9-20(25)14-19)27-15-18-7-5-10-21(13-18)31-16-22(30)29(2)3/h5-10,13-14H,4,11-12,15-17H2,1-3H3,(H2,26,27,28). The molecule has 31 heavy (non-hydrogen) atoms. The summed E-state index contributed by atoms with van der Waals surface area (Å²) in [7, 11) is 3.40. The van der Waals surface area contributed by atoms with Crippen molar-refractivity contribution in [2.24, 2.45) is 4.99 Å². The third-order valence-electron chi connectivity index (χ3n) is 5.41. The molecule has 0 radical (unpaired) electrons. The molecule has 1 fully saturated rings. The van der Waals surface area contributed by atoms with Crippen molar-refractivity contribution in [2.45, 2.75) is 31.7 Å². The monoisotopic (exact) mass is 426 g/mol. The topological polar surface area (TPSA) is 66.0 Å². The molecule has 2 N–H and O–H groups in total. The van der Waals surface area contributed by atoms with Gasteiger partial charge >= 0.3 is 0 Å². The fourth-order valence-electron chi connectivity index (χ4n) is 3.31. The molecule has 1 saturated carbocycles. The van der Waals surface area contributed by atoms with Crippen molar-refractivity contribution in [3.63, 3.8) is 0 Å². The quantitative estimate of drug-likeness (QED) is 0.478. The molecule has 1 aliphatic carbocycles. The van der Waals surface area contributed by atoms with Crippen molar-refractivity contribution in [3.05, 3.63) is 65.5 Å². The van der Waals surface area contributed by atoms with Gasteiger partial charge in [0.05, 0.1) is 6.54 Å². The van der Waals surface area contributed by atoms with E-state index in [1.807, 2.05) is 37.3 Å². The number of hydrogen-bond acceptors (Lipinski definition) is 3. The van der Waals surface area contributed by atoms with Gasteiger partial charge in [-0.05, 0) is 55.2 Å². The number of carbonyl (C=O) groups is 1. The number of aliphatic imine (C=N–C) groups is 1. The first-order chi connectivity index (χ1) is 14.9. The zero-order chi connectivity index (χ0) is 22.3. The lowest BCUT2D eigenvalue weighted by Crippen LogP contribution is -2.41. The van der Waals surface area contributed by atoms with Crippen molar-refractivity contribution >= 4 is 11.9 Å². The molecular formula is C24H31FN4O2. The van der Waals surface area contributed by atoms with Crippen LogP contribution in [0.15, 0.2) is 53.5 Å². The van der Waals surface area contributed by atoms with E-state index in [2.05, 4.69) is 15.6 Å². The second-order valence-corrected chi connectivity index (χ2v) is 8.06. The average Bonchev–Trinajstić information content (AvgIpc) is 3.55. The Kier molecular flexibility index (Phi) is 7.50. The van der Waals surface area contributed by atoms with Gasteiger partial charge in [-0.25, -0.2) is 9.38 Å². The van der Waals surface area contributed by atoms with Gasteiger partial charge < -0.3 is 20.3 Å². The smallest absolute Gasteiger partial charge is 0.259 e. The van der Waals surface area contributed by atoms with E-state index in [0.29, 0.717) is 18.8 Å². The van der Waals surface area contributed by atoms with Gasteiger partial charge in [-0.2, -0.15) is 0 Å². The van der Waals surface area contributed by atoms with E-state index in [9.17, 15) is 9.18 Å². The lowest BCUT2D eigenvalue weighted by atomic mass is 9.96. The van der Waals surface area contributed by atoms with Gasteiger partial charge in [-0.15, -0.1) is 0 Å². The first-order valence-corrected chi connectivity index (χ1v) is 10.6. The number of hydrogen-bond donors (Lipinski definition) is 2. The van der Waals surface area contributed by atoms with Gasteiger partial charge in [0.2, 0.25) is 0 Å². The molecule has 7 heteroatoms. The largest absolute Gasteiger partial charge is 0.484 e. The molecule has 0 heterocycles. The maximum Gasteiger partial charge on any atom is 0.259 e. The van der Waals surface area contributed by atoms with Crippen LogP contribution in [0.1, 0.15) is 30.9 Å². The molecule has 0 aromatic heterocycles. The number of amides is 1. The molecule has 0 atom stereocenters. The van der Waals surface area contributed by atoms with Gasteiger partial charge in [-0.1, -0.05) is 24.3 Å². The fraction of sp³-hybridized carbons (Fsp3) is 0.417. The molecule has 0 saturated heterocycles. The Bertz CT molecular complexity index is 925. The predicted molar refractivity (Wildman–Crippen MR) is 121 cm³/mol. The normalized spacial score (nSPS) is 14.6. The summed E-state index contributed by atoms with van der Waals surface area (Å²) in [6.07, 6.45) is 2.07. The van der Waals surface area contributed by atoms with E-state index in [1.54, 1.807) is 26.2 Å². The van der Waals surface area contributed by atoms with E-state index in [1.165, 1.54) is 11.0 Å². The lowest BCUT2D eigenvalue weighted by molar-refractivity contribution is -0.130. The highest BCUT2D eigenvalue weighted by molar-refractivity contribution is 5.80. The third kappa shape index (κ3) is 6.44. The van der Waals surface area contributed by atoms with Gasteiger partial charge in [0.15, 0.2) is 12.6 Å². The van der Waals surface area contributed by atoms with Gasteiger partial charge in [0.25, 0.3) is 5.91 Å². The highest BCUT2D eigenvalue weighted by Crippen LogP contribution is 2.47. The zero-order valence-electron chi connectivity index (χ0n) is 18.5. The Morgan fingerprint density at radius 1 is 1.16 bits per heavy atom. The van der Waals surface area contributed by atoms with E-state index in [0.717, 1.165) is 36.5 Å². The lowest BCUT2D eigenvalue weighted by Gasteiger charge is -2.19. The van der Waals surface area contributed by atoms with Crippen LogP contribution in [0, 0.1) is 5.82 Å². The molecule has 2 aromatic rings. The van der Waals surface area contributed by atoms with Crippen LogP contribution in [0.5, 0.6) is 5.75 Å². The molecular weight excluding hydrogens is 395 g/mol. The summed E-state index contributed by atoms with van der Waals surface area (Å²) in [5, 5.41) is 6.68. The van der Waals surface area contributed by atoms with Crippen molar-refractivity contribution in [1.82, 2.24) is 15.5 Å². The molecule has 0 aliphatic heterocycles. The van der Waals surface area contributed by atoms with Crippen molar-refractivity contribution in [3.8, 4) is 5.75 Å². The van der Waals surface area contributed by atoms with Crippen molar-refractivity contribution in [2.75, 3.05) is 33.8 Å². The minimum absolute atomic E-state index is 0.00603. The van der Waals surface area contributed by atoms with Crippen LogP contribution in [0.4, 0.5) is 4.39 Å². The van der Waals surface area contributed by atoms with Crippen LogP contribution in [-0.4, -0.2) is 50.6 Å². The van der Waals surface area contributed by atoms with E-state index < -0.39 is 0 Å². The number of ether oxygens (including phenoxy) is 1. The fourth-order valence-corrected chi connectivity index (χ4v) is 3.31. The molecule has 2 aromatic carbocycles. The van der Waals surface area contributed by atoms with Crippen LogP contribution in [0.2, 0.25) is 0 Å². The number of rotatable bonds is 9. The highest BCUT2D eigenvalue weighted by atomic mass is 19.1. The number of nitrogens with zero attached hydrogens (tertiary/aromatic N) is 2. The summed E-state index contributed by atoms with van der Waals surface area (Å²) in [5.74, 6) is 1.08. The summed E-state index contributed by atoms with van der Waals surface area (Å²) < 4.78 is 19.2. The molecule has 166 valence electrons. The maximum atomic E-state index is 13.6. The molecule has 0 spiro atoms. The first-order valence-electron chi connectivity index (χ1n) is 10.6. The number of guanidine groups is 1. The summed E-state index contributed by atoms with van der Waals surface area (Å²) in [6.45, 7) is 3.95. The molecule has 6 nitrogen and oxygen atoms in total. The Morgan fingerprint density at radius 3 is 2.61 bits per heavy atom. The molecule has 1 aliphatic rings. The number of carbonyl (C=O) groups excluding carboxylic acids is 1. The average molecular weight is 427 g/mol. The van der Waals surface area contributed by atoms with Gasteiger partial charge in [0.1, 0.15) is 11.6 Å². The summed E-state index contributed by atoms with van der Waals surface area (Å²) >= 11 is 0. The van der Waals surface area contributed by atoms with E-state index >= 15 is 0 Å². The maximum absolute atomic E-state index is 13.6. The first kappa shape index (κ1) is 22.6. The van der Waals surface area contributed by atoms with Gasteiger partial charge in [0, 0.05) is 32.6 Å². The van der Waals surface area contributed by atoms with Gasteiger partial charge in [-0.3, -0.25) is 4.79 Å². The van der Waals surface area contributed by atoms with Crippen molar-refractivity contribution < 1.29 is 13.9 Å². The second-order valence-electron chi connectivity index (χ2n) is 8.06. The van der Waals surface area contributed by atoms with Crippen molar-refractivity contribution in [1.29, 1.82) is 0 Å². The third-order valence-corrected chi connectivity index (χ3v) is 5.41. The Balaban J connectivity index is 1.60. The molecule has 0 bridgehead atoms. The second kappa shape index (κ2) is 10.3. The minimum atomic E-state index is -0.196. The molecule has 0 unspecified atom stereocenters. The van der Waals surface area contributed by atoms with Crippen LogP contribution in [0.3, 0.4) is 0 Å². The predicted octanol–water partition coefficient (Wildman–Crippen LogP) is 3.08. The summed E-state index contributed by atoms with van der Waals surface area (Å²) in [5.41, 5.74) is 2.00. The summed E-state index contributed by atoms with van der Waals surface area (Å²) in [6, 6.07) is 14.5. The zero-order valence-corrected chi connectivity index (χ0v) is 18.5. The molecule has 3 rings (SSSR count). The molecule has 1 amide bonds. The Morgan fingerprint density at radius 2 is 1.94 bits per heavy atom. The Labute approximate surface area is 183 Å². The van der Waals surface area contributed by atoms with Crippen LogP contribution < -0.4 is 15.4 Å². The number of nitrogens with one attached hydrogen (secondary N) is 2. The van der Waals surface area contributed by atoms with E-state index in [4.69, 9.17) is 4.74 Å². The number of benzene rings is 2. The summed E-state index contributed by atoms with van der Waals surface area (Å²) in [4.78, 5) is 17.9. The van der Waals surface area contributed by atoms with Crippen LogP contribution in [0.25, 0.3) is 0 Å². The highest BCUT2D eigenvalue weighted by Gasteiger charge is 2.44. The van der Waals surface area contributed by atoms with Crippen LogP contribution in [-0.2, 0) is 16.8 Å². The number of likely N-dealkylation sites (N-methyl/N-ethyl adjacent to an activating group) is 1. The van der Waals surface area contributed by atoms with Crippen LogP contribution >= 0.6 is 0 Å². The van der Waals surface area contributed by atoms with E-state index in [-0.39, 0.29) is 23.7 Å². The number of halogens is 1.